The number of aliphatic hydroxyl groups excluding tert-OH is 1. The van der Waals surface area contributed by atoms with Crippen LogP contribution in [0.2, 0.25) is 0 Å². The van der Waals surface area contributed by atoms with Crippen LogP contribution in [0.5, 0.6) is 0 Å². The zero-order valence-corrected chi connectivity index (χ0v) is 10.9. The lowest BCUT2D eigenvalue weighted by Gasteiger charge is -2.09. The molecule has 1 aromatic carbocycles. The lowest BCUT2D eigenvalue weighted by atomic mass is 10.1. The average Bonchev–Trinajstić information content (AvgIpc) is 2.45. The molecule has 5 nitrogen and oxygen atoms in total. The van der Waals surface area contributed by atoms with Crippen LogP contribution in [0.3, 0.4) is 0 Å². The van der Waals surface area contributed by atoms with Gasteiger partial charge in [-0.1, -0.05) is 6.07 Å². The highest BCUT2D eigenvalue weighted by molar-refractivity contribution is 5.78. The number of benzene rings is 1. The molecular weight excluding hydrogens is 272 g/mol. The van der Waals surface area contributed by atoms with Gasteiger partial charge in [-0.15, -0.1) is 0 Å². The van der Waals surface area contributed by atoms with Crippen LogP contribution >= 0.6 is 0 Å². The van der Waals surface area contributed by atoms with E-state index in [1.54, 1.807) is 0 Å². The summed E-state index contributed by atoms with van der Waals surface area (Å²) in [6, 6.07) is 3.39. The summed E-state index contributed by atoms with van der Waals surface area (Å²) in [4.78, 5) is 22.3. The first kappa shape index (κ1) is 16.0. The maximum absolute atomic E-state index is 12.9. The minimum absolute atomic E-state index is 0.0268. The van der Waals surface area contributed by atoms with E-state index in [0.29, 0.717) is 5.56 Å². The highest BCUT2D eigenvalue weighted by Gasteiger charge is 2.16. The first-order chi connectivity index (χ1) is 9.43. The predicted molar refractivity (Wildman–Crippen MR) is 65.7 cm³/mol. The molecule has 0 aliphatic rings. The molecular formula is C13H15F2NO4. The quantitative estimate of drug-likeness (QED) is 0.749. The van der Waals surface area contributed by atoms with E-state index in [9.17, 15) is 23.5 Å². The molecule has 1 amide bonds. The number of halogens is 2. The number of ether oxygens (including phenoxy) is 1. The number of rotatable bonds is 6. The second-order valence-corrected chi connectivity index (χ2v) is 4.09. The van der Waals surface area contributed by atoms with Crippen molar-refractivity contribution in [3.63, 3.8) is 0 Å². The van der Waals surface area contributed by atoms with Gasteiger partial charge in [0.1, 0.15) is 0 Å². The smallest absolute Gasteiger partial charge is 0.336 e. The lowest BCUT2D eigenvalue weighted by molar-refractivity contribution is -0.150. The predicted octanol–water partition coefficient (Wildman–Crippen LogP) is 0.547. The fourth-order valence-electron chi connectivity index (χ4n) is 1.47. The Labute approximate surface area is 114 Å². The largest absolute Gasteiger partial charge is 0.467 e. The fourth-order valence-corrected chi connectivity index (χ4v) is 1.47. The molecule has 20 heavy (non-hydrogen) atoms. The van der Waals surface area contributed by atoms with Crippen molar-refractivity contribution in [2.75, 3.05) is 13.7 Å². The third kappa shape index (κ3) is 4.93. The number of hydrogen-bond donors (Lipinski definition) is 2. The van der Waals surface area contributed by atoms with E-state index in [2.05, 4.69) is 10.1 Å². The van der Waals surface area contributed by atoms with Crippen molar-refractivity contribution < 1.29 is 28.2 Å². The molecule has 0 aromatic heterocycles. The van der Waals surface area contributed by atoms with Crippen molar-refractivity contribution in [3.8, 4) is 0 Å². The molecule has 7 heteroatoms. The van der Waals surface area contributed by atoms with Crippen LogP contribution in [0, 0.1) is 11.6 Å². The summed E-state index contributed by atoms with van der Waals surface area (Å²) in [6.45, 7) is -0.261. The average molecular weight is 287 g/mol. The number of aliphatic hydroxyl groups is 1. The Hall–Kier alpha value is -2.02. The third-order valence-corrected chi connectivity index (χ3v) is 2.59. The van der Waals surface area contributed by atoms with Gasteiger partial charge in [0, 0.05) is 6.42 Å². The van der Waals surface area contributed by atoms with E-state index >= 15 is 0 Å². The number of hydrogen-bond acceptors (Lipinski definition) is 4. The first-order valence-electron chi connectivity index (χ1n) is 5.90. The van der Waals surface area contributed by atoms with Crippen LogP contribution in [-0.4, -0.2) is 36.7 Å². The van der Waals surface area contributed by atoms with Gasteiger partial charge in [0.2, 0.25) is 5.91 Å². The standard InChI is InChI=1S/C13H15F2NO4/c1-20-13(19)11(17)7-16-12(18)5-3-8-2-4-9(14)10(15)6-8/h2,4,6,11,17H,3,5,7H2,1H3,(H,16,18). The zero-order valence-electron chi connectivity index (χ0n) is 10.9. The van der Waals surface area contributed by atoms with E-state index < -0.39 is 29.6 Å². The first-order valence-corrected chi connectivity index (χ1v) is 5.90. The summed E-state index contributed by atoms with van der Waals surface area (Å²) in [5, 5.41) is 11.6. The summed E-state index contributed by atoms with van der Waals surface area (Å²) < 4.78 is 29.9. The Kier molecular flexibility index (Phi) is 6.05. The molecule has 1 rings (SSSR count). The van der Waals surface area contributed by atoms with Gasteiger partial charge in [0.15, 0.2) is 17.7 Å². The molecule has 1 atom stereocenters. The van der Waals surface area contributed by atoms with E-state index in [0.717, 1.165) is 19.2 Å². The number of carbonyl (C=O) groups excluding carboxylic acids is 2. The van der Waals surface area contributed by atoms with E-state index in [-0.39, 0.29) is 19.4 Å². The molecule has 0 radical (unpaired) electrons. The number of esters is 1. The van der Waals surface area contributed by atoms with Gasteiger partial charge in [0.05, 0.1) is 13.7 Å². The van der Waals surface area contributed by atoms with Gasteiger partial charge < -0.3 is 15.2 Å². The lowest BCUT2D eigenvalue weighted by Crippen LogP contribution is -2.37. The minimum Gasteiger partial charge on any atom is -0.467 e. The van der Waals surface area contributed by atoms with E-state index in [1.807, 2.05) is 0 Å². The van der Waals surface area contributed by atoms with Gasteiger partial charge in [-0.05, 0) is 24.1 Å². The van der Waals surface area contributed by atoms with Crippen molar-refractivity contribution in [2.24, 2.45) is 0 Å². The van der Waals surface area contributed by atoms with Crippen LogP contribution in [0.4, 0.5) is 8.78 Å². The van der Waals surface area contributed by atoms with Crippen molar-refractivity contribution in [2.45, 2.75) is 18.9 Å². The van der Waals surface area contributed by atoms with Crippen molar-refractivity contribution >= 4 is 11.9 Å². The summed E-state index contributed by atoms with van der Waals surface area (Å²) >= 11 is 0. The summed E-state index contributed by atoms with van der Waals surface area (Å²) in [5.41, 5.74) is 0.479. The molecule has 0 saturated carbocycles. The molecule has 0 saturated heterocycles. The second kappa shape index (κ2) is 7.54. The number of methoxy groups -OCH3 is 1. The van der Waals surface area contributed by atoms with E-state index in [1.165, 1.54) is 6.07 Å². The Morgan fingerprint density at radius 3 is 2.65 bits per heavy atom. The van der Waals surface area contributed by atoms with Gasteiger partial charge in [-0.25, -0.2) is 13.6 Å². The van der Waals surface area contributed by atoms with Crippen LogP contribution in [0.15, 0.2) is 18.2 Å². The number of carbonyl (C=O) groups is 2. The SMILES string of the molecule is COC(=O)C(O)CNC(=O)CCc1ccc(F)c(F)c1. The summed E-state index contributed by atoms with van der Waals surface area (Å²) in [7, 11) is 1.12. The summed E-state index contributed by atoms with van der Waals surface area (Å²) in [6.07, 6.45) is -1.18. The zero-order chi connectivity index (χ0) is 15.1. The number of amides is 1. The molecule has 0 heterocycles. The van der Waals surface area contributed by atoms with Gasteiger partial charge in [0.25, 0.3) is 0 Å². The normalized spacial score (nSPS) is 11.8. The van der Waals surface area contributed by atoms with Crippen LogP contribution in [-0.2, 0) is 20.7 Å². The molecule has 0 spiro atoms. The Morgan fingerprint density at radius 2 is 2.05 bits per heavy atom. The van der Waals surface area contributed by atoms with E-state index in [4.69, 9.17) is 0 Å². The topological polar surface area (TPSA) is 75.6 Å². The second-order valence-electron chi connectivity index (χ2n) is 4.09. The highest BCUT2D eigenvalue weighted by atomic mass is 19.2. The maximum Gasteiger partial charge on any atom is 0.336 e. The van der Waals surface area contributed by atoms with Crippen molar-refractivity contribution in [1.29, 1.82) is 0 Å². The molecule has 1 aromatic rings. The third-order valence-electron chi connectivity index (χ3n) is 2.59. The summed E-state index contributed by atoms with van der Waals surface area (Å²) in [5.74, 6) is -3.17. The molecule has 2 N–H and O–H groups in total. The Bertz CT molecular complexity index is 493. The molecule has 110 valence electrons. The number of nitrogens with one attached hydrogen (secondary N) is 1. The van der Waals surface area contributed by atoms with Gasteiger partial charge in [-0.2, -0.15) is 0 Å². The molecule has 1 unspecified atom stereocenters. The van der Waals surface area contributed by atoms with Crippen molar-refractivity contribution in [3.05, 3.63) is 35.4 Å². The monoisotopic (exact) mass is 287 g/mol. The molecule has 0 bridgehead atoms. The fraction of sp³-hybridized carbons (Fsp3) is 0.385. The Balaban J connectivity index is 2.36. The molecule has 0 aliphatic carbocycles. The van der Waals surface area contributed by atoms with Gasteiger partial charge >= 0.3 is 5.97 Å². The molecule has 0 fully saturated rings. The van der Waals surface area contributed by atoms with Crippen LogP contribution in [0.1, 0.15) is 12.0 Å². The van der Waals surface area contributed by atoms with Crippen LogP contribution < -0.4 is 5.32 Å². The van der Waals surface area contributed by atoms with Gasteiger partial charge in [-0.3, -0.25) is 4.79 Å². The Morgan fingerprint density at radius 1 is 1.35 bits per heavy atom. The van der Waals surface area contributed by atoms with Crippen molar-refractivity contribution in [1.82, 2.24) is 5.32 Å². The van der Waals surface area contributed by atoms with Crippen LogP contribution in [0.25, 0.3) is 0 Å². The highest BCUT2D eigenvalue weighted by Crippen LogP contribution is 2.10. The minimum atomic E-state index is -1.42. The molecule has 0 aliphatic heterocycles. The maximum atomic E-state index is 12.9. The number of aryl methyl sites for hydroxylation is 1.